The summed E-state index contributed by atoms with van der Waals surface area (Å²) in [7, 11) is -4.09. The summed E-state index contributed by atoms with van der Waals surface area (Å²) in [6.07, 6.45) is 7.46. The molecule has 0 atom stereocenters. The summed E-state index contributed by atoms with van der Waals surface area (Å²) in [5.74, 6) is -0.330. The third-order valence-electron chi connectivity index (χ3n) is 5.77. The first-order valence-electron chi connectivity index (χ1n) is 9.81. The summed E-state index contributed by atoms with van der Waals surface area (Å²) in [6.45, 7) is 3.17. The van der Waals surface area contributed by atoms with Crippen LogP contribution in [0.3, 0.4) is 0 Å². The van der Waals surface area contributed by atoms with Crippen LogP contribution in [0, 0.1) is 11.7 Å². The molecular weight excluding hydrogens is 435 g/mol. The summed E-state index contributed by atoms with van der Waals surface area (Å²) in [4.78, 5) is 5.94. The van der Waals surface area contributed by atoms with Gasteiger partial charge in [0, 0.05) is 24.2 Å². The molecule has 2 N–H and O–H groups in total. The largest absolute Gasteiger partial charge is 0.383 e. The fourth-order valence-corrected chi connectivity index (χ4v) is 6.16. The summed E-state index contributed by atoms with van der Waals surface area (Å²) in [5, 5.41) is 5.20. The number of likely N-dealkylation sites (tertiary alicyclic amines) is 1. The van der Waals surface area contributed by atoms with Gasteiger partial charge in [-0.25, -0.2) is 17.8 Å². The number of aromatic nitrogens is 1. The molecule has 1 saturated heterocycles. The predicted molar refractivity (Wildman–Crippen MR) is 115 cm³/mol. The van der Waals surface area contributed by atoms with E-state index in [1.807, 2.05) is 0 Å². The second kappa shape index (κ2) is 8.75. The van der Waals surface area contributed by atoms with Crippen LogP contribution in [-0.2, 0) is 10.0 Å². The highest BCUT2D eigenvalue weighted by Crippen LogP contribution is 2.32. The maximum absolute atomic E-state index is 14.6. The van der Waals surface area contributed by atoms with Crippen molar-refractivity contribution in [2.75, 3.05) is 29.7 Å². The molecule has 1 aromatic carbocycles. The van der Waals surface area contributed by atoms with Gasteiger partial charge in [-0.1, -0.05) is 11.6 Å². The van der Waals surface area contributed by atoms with Crippen LogP contribution in [0.15, 0.2) is 28.6 Å². The number of hydrogen-bond acceptors (Lipinski definition) is 6. The van der Waals surface area contributed by atoms with Gasteiger partial charge >= 0.3 is 0 Å². The third-order valence-corrected chi connectivity index (χ3v) is 8.25. The van der Waals surface area contributed by atoms with Crippen molar-refractivity contribution >= 4 is 43.8 Å². The van der Waals surface area contributed by atoms with E-state index < -0.39 is 20.7 Å². The molecule has 6 nitrogen and oxygen atoms in total. The van der Waals surface area contributed by atoms with Gasteiger partial charge in [-0.05, 0) is 63.2 Å². The van der Waals surface area contributed by atoms with E-state index in [9.17, 15) is 12.8 Å². The zero-order valence-corrected chi connectivity index (χ0v) is 18.3. The number of nitrogens with zero attached hydrogens (tertiary/aromatic N) is 2. The molecule has 2 heterocycles. The number of halogens is 2. The Morgan fingerprint density at radius 2 is 2.00 bits per heavy atom. The van der Waals surface area contributed by atoms with Crippen LogP contribution < -0.4 is 10.0 Å². The van der Waals surface area contributed by atoms with Crippen molar-refractivity contribution in [3.63, 3.8) is 0 Å². The molecule has 2 fully saturated rings. The highest BCUT2D eigenvalue weighted by molar-refractivity contribution is 7.93. The molecule has 1 aromatic heterocycles. The number of thiazole rings is 1. The van der Waals surface area contributed by atoms with Crippen LogP contribution in [0.4, 0.5) is 15.2 Å². The van der Waals surface area contributed by atoms with E-state index in [-0.39, 0.29) is 10.2 Å². The first kappa shape index (κ1) is 20.8. The van der Waals surface area contributed by atoms with Gasteiger partial charge in [0.2, 0.25) is 0 Å². The fraction of sp³-hybridized carbons (Fsp3) is 0.526. The van der Waals surface area contributed by atoms with Crippen molar-refractivity contribution in [1.29, 1.82) is 0 Å². The molecule has 0 bridgehead atoms. The highest BCUT2D eigenvalue weighted by Gasteiger charge is 2.29. The Balaban J connectivity index is 1.37. The van der Waals surface area contributed by atoms with E-state index in [0.29, 0.717) is 18.2 Å². The van der Waals surface area contributed by atoms with Crippen molar-refractivity contribution in [3.05, 3.63) is 34.5 Å². The molecule has 158 valence electrons. The van der Waals surface area contributed by atoms with Gasteiger partial charge in [0.25, 0.3) is 10.0 Å². The average Bonchev–Trinajstić information content (AvgIpc) is 3.14. The molecule has 4 rings (SSSR count). The van der Waals surface area contributed by atoms with Gasteiger partial charge < -0.3 is 10.2 Å². The molecule has 29 heavy (non-hydrogen) atoms. The summed E-state index contributed by atoms with van der Waals surface area (Å²) >= 11 is 7.37. The summed E-state index contributed by atoms with van der Waals surface area (Å²) < 4.78 is 41.7. The molecule has 1 aliphatic heterocycles. The normalized spacial score (nSPS) is 22.8. The van der Waals surface area contributed by atoms with Crippen LogP contribution in [0.2, 0.25) is 5.02 Å². The van der Waals surface area contributed by atoms with E-state index >= 15 is 0 Å². The summed E-state index contributed by atoms with van der Waals surface area (Å²) in [5.41, 5.74) is 0.419. The minimum Gasteiger partial charge on any atom is -0.383 e. The molecule has 2 aliphatic rings. The molecule has 2 aromatic rings. The standard InChI is InChI=1S/C19H24ClFN4O2S2/c20-15-10-18(29(26,27)24-19-22-6-9-28-19)16(21)11-17(15)23-12-13-2-4-14(5-3-13)25-7-1-8-25/h6,9-11,13-14,23H,1-5,7-8,12H2,(H,22,24). The Hall–Kier alpha value is -1.42. The number of benzene rings is 1. The van der Waals surface area contributed by atoms with Gasteiger partial charge in [0.1, 0.15) is 10.7 Å². The second-order valence-electron chi connectivity index (χ2n) is 7.65. The molecule has 0 spiro atoms. The average molecular weight is 459 g/mol. The Labute approximate surface area is 179 Å². The first-order chi connectivity index (χ1) is 13.9. The molecule has 10 heteroatoms. The van der Waals surface area contributed by atoms with Crippen LogP contribution in [0.1, 0.15) is 32.1 Å². The molecular formula is C19H24ClFN4O2S2. The topological polar surface area (TPSA) is 74.3 Å². The lowest BCUT2D eigenvalue weighted by Gasteiger charge is -2.42. The molecule has 0 amide bonds. The maximum Gasteiger partial charge on any atom is 0.266 e. The van der Waals surface area contributed by atoms with Crippen molar-refractivity contribution in [1.82, 2.24) is 9.88 Å². The zero-order chi connectivity index (χ0) is 20.4. The van der Waals surface area contributed by atoms with Crippen LogP contribution in [0.25, 0.3) is 0 Å². The molecule has 0 radical (unpaired) electrons. The number of sulfonamides is 1. The van der Waals surface area contributed by atoms with E-state index in [1.165, 1.54) is 38.5 Å². The SMILES string of the molecule is O=S(=O)(Nc1nccs1)c1cc(Cl)c(NCC2CCC(N3CCC3)CC2)cc1F. The highest BCUT2D eigenvalue weighted by atomic mass is 35.5. The second-order valence-corrected chi connectivity index (χ2v) is 10.6. The Morgan fingerprint density at radius 1 is 1.24 bits per heavy atom. The van der Waals surface area contributed by atoms with Gasteiger partial charge in [0.05, 0.1) is 10.7 Å². The first-order valence-corrected chi connectivity index (χ1v) is 12.6. The van der Waals surface area contributed by atoms with Crippen molar-refractivity contribution in [2.45, 2.75) is 43.0 Å². The van der Waals surface area contributed by atoms with Gasteiger partial charge in [-0.15, -0.1) is 11.3 Å². The van der Waals surface area contributed by atoms with Crippen LogP contribution >= 0.6 is 22.9 Å². The quantitative estimate of drug-likeness (QED) is 0.642. The van der Waals surface area contributed by atoms with Gasteiger partial charge in [-0.3, -0.25) is 4.72 Å². The van der Waals surface area contributed by atoms with Crippen LogP contribution in [0.5, 0.6) is 0 Å². The smallest absolute Gasteiger partial charge is 0.266 e. The molecule has 0 unspecified atom stereocenters. The minimum absolute atomic E-state index is 0.177. The van der Waals surface area contributed by atoms with E-state index in [1.54, 1.807) is 5.38 Å². The number of nitrogens with one attached hydrogen (secondary N) is 2. The Morgan fingerprint density at radius 3 is 2.62 bits per heavy atom. The zero-order valence-electron chi connectivity index (χ0n) is 15.9. The van der Waals surface area contributed by atoms with Crippen molar-refractivity contribution in [2.24, 2.45) is 5.92 Å². The molecule has 1 saturated carbocycles. The molecule has 1 aliphatic carbocycles. The number of rotatable bonds is 7. The fourth-order valence-electron chi connectivity index (χ4n) is 3.99. The van der Waals surface area contributed by atoms with E-state index in [0.717, 1.165) is 42.4 Å². The van der Waals surface area contributed by atoms with E-state index in [4.69, 9.17) is 11.6 Å². The van der Waals surface area contributed by atoms with Crippen molar-refractivity contribution in [3.8, 4) is 0 Å². The summed E-state index contributed by atoms with van der Waals surface area (Å²) in [6, 6.07) is 3.02. The maximum atomic E-state index is 14.6. The Bertz CT molecular complexity index is 943. The van der Waals surface area contributed by atoms with Gasteiger partial charge in [0.15, 0.2) is 5.13 Å². The monoisotopic (exact) mass is 458 g/mol. The van der Waals surface area contributed by atoms with Crippen molar-refractivity contribution < 1.29 is 12.8 Å². The van der Waals surface area contributed by atoms with Crippen LogP contribution in [-0.4, -0.2) is 44.0 Å². The third kappa shape index (κ3) is 4.84. The lowest BCUT2D eigenvalue weighted by atomic mass is 9.84. The number of hydrogen-bond donors (Lipinski definition) is 2. The number of anilines is 2. The minimum atomic E-state index is -4.09. The Kier molecular flexibility index (Phi) is 6.29. The lowest BCUT2D eigenvalue weighted by Crippen LogP contribution is -2.46. The predicted octanol–water partition coefficient (Wildman–Crippen LogP) is 4.41. The van der Waals surface area contributed by atoms with Gasteiger partial charge in [-0.2, -0.15) is 0 Å². The lowest BCUT2D eigenvalue weighted by molar-refractivity contribution is 0.0805. The van der Waals surface area contributed by atoms with E-state index in [2.05, 4.69) is 19.9 Å².